The molecule has 0 amide bonds. The number of hydrogen-bond donors (Lipinski definition) is 2. The van der Waals surface area contributed by atoms with Gasteiger partial charge in [-0.3, -0.25) is 21.0 Å². The molecule has 2 unspecified atom stereocenters. The Balaban J connectivity index is 0.00000168. The van der Waals surface area contributed by atoms with Crippen molar-refractivity contribution in [3.63, 3.8) is 0 Å². The van der Waals surface area contributed by atoms with Crippen LogP contribution in [0.4, 0.5) is 26.3 Å². The molecule has 1 heterocycles. The average Bonchev–Trinajstić information content (AvgIpc) is 3.49. The van der Waals surface area contributed by atoms with Crippen LogP contribution >= 0.6 is 0 Å². The van der Waals surface area contributed by atoms with E-state index in [1.165, 1.54) is 6.07 Å². The molecular formula is C31H49F6N4O4+. The summed E-state index contributed by atoms with van der Waals surface area (Å²) in [6.07, 6.45) is -2.97. The molecule has 1 aromatic rings. The highest BCUT2D eigenvalue weighted by atomic mass is 19.4. The monoisotopic (exact) mass is 655 g/mol. The summed E-state index contributed by atoms with van der Waals surface area (Å²) in [5.41, 5.74) is 12.9. The zero-order chi connectivity index (χ0) is 34.8. The zero-order valence-corrected chi connectivity index (χ0v) is 27.3. The lowest BCUT2D eigenvalue weighted by Crippen LogP contribution is -2.43. The van der Waals surface area contributed by atoms with Crippen molar-refractivity contribution in [2.45, 2.75) is 91.5 Å². The molecule has 1 aliphatic rings. The van der Waals surface area contributed by atoms with Crippen molar-refractivity contribution in [1.29, 1.82) is 0 Å². The number of carbonyl (C=O) groups is 1. The molecule has 4 N–H and O–H groups in total. The first-order valence-electron chi connectivity index (χ1n) is 15.0. The van der Waals surface area contributed by atoms with E-state index in [0.29, 0.717) is 37.8 Å². The number of hydrogen-bond acceptors (Lipinski definition) is 5. The molecular weight excluding hydrogens is 606 g/mol. The molecule has 258 valence electrons. The van der Waals surface area contributed by atoms with Crippen LogP contribution in [0.5, 0.6) is 5.75 Å². The first-order chi connectivity index (χ1) is 21.1. The van der Waals surface area contributed by atoms with Crippen molar-refractivity contribution in [3.8, 4) is 5.75 Å². The molecule has 1 fully saturated rings. The highest BCUT2D eigenvalue weighted by Crippen LogP contribution is 2.38. The molecule has 0 aliphatic carbocycles. The third-order valence-electron chi connectivity index (χ3n) is 6.69. The topological polar surface area (TPSA) is 112 Å². The minimum Gasteiger partial charge on any atom is -0.493 e. The van der Waals surface area contributed by atoms with Gasteiger partial charge in [-0.2, -0.15) is 26.3 Å². The maximum atomic E-state index is 13.9. The van der Waals surface area contributed by atoms with Crippen LogP contribution in [-0.4, -0.2) is 68.4 Å². The van der Waals surface area contributed by atoms with E-state index in [1.807, 2.05) is 31.4 Å². The SMILES string of the molecule is CC.CC/C=C(\N=C(C(C)CC)C1CCC[N+]1=C(N)N)c1ccc(OCCCCOC)c(C(F)(F)F)c1.COC(=O)C(F)(F)F. The van der Waals surface area contributed by atoms with Gasteiger partial charge in [0.25, 0.3) is 0 Å². The quantitative estimate of drug-likeness (QED) is 0.0630. The van der Waals surface area contributed by atoms with Gasteiger partial charge in [0.1, 0.15) is 11.8 Å². The van der Waals surface area contributed by atoms with E-state index in [2.05, 4.69) is 18.6 Å². The van der Waals surface area contributed by atoms with Crippen molar-refractivity contribution in [1.82, 2.24) is 0 Å². The largest absolute Gasteiger partial charge is 0.493 e. The van der Waals surface area contributed by atoms with Crippen LogP contribution in [0.1, 0.15) is 84.3 Å². The van der Waals surface area contributed by atoms with Crippen LogP contribution in [0.3, 0.4) is 0 Å². The number of halogens is 6. The number of rotatable bonds is 12. The van der Waals surface area contributed by atoms with Gasteiger partial charge in [-0.1, -0.05) is 40.7 Å². The molecule has 1 aliphatic heterocycles. The minimum atomic E-state index is -4.85. The molecule has 0 spiro atoms. The van der Waals surface area contributed by atoms with E-state index in [0.717, 1.165) is 44.0 Å². The number of allylic oxidation sites excluding steroid dienone is 1. The van der Waals surface area contributed by atoms with Crippen LogP contribution in [0, 0.1) is 5.92 Å². The molecule has 1 saturated heterocycles. The number of benzene rings is 1. The Morgan fingerprint density at radius 2 is 1.71 bits per heavy atom. The van der Waals surface area contributed by atoms with Crippen molar-refractivity contribution in [2.24, 2.45) is 22.4 Å². The smallest absolute Gasteiger partial charge is 0.490 e. The van der Waals surface area contributed by atoms with E-state index in [4.69, 9.17) is 25.9 Å². The van der Waals surface area contributed by atoms with Crippen LogP contribution in [0.15, 0.2) is 29.3 Å². The van der Waals surface area contributed by atoms with Gasteiger partial charge in [0.15, 0.2) is 0 Å². The highest BCUT2D eigenvalue weighted by molar-refractivity contribution is 5.95. The second kappa shape index (κ2) is 20.7. The summed E-state index contributed by atoms with van der Waals surface area (Å²) >= 11 is 0. The van der Waals surface area contributed by atoms with E-state index < -0.39 is 23.9 Å². The Kier molecular flexibility index (Phi) is 19.2. The summed E-state index contributed by atoms with van der Waals surface area (Å²) in [6.45, 7) is 11.6. The summed E-state index contributed by atoms with van der Waals surface area (Å²) in [7, 11) is 2.27. The van der Waals surface area contributed by atoms with Gasteiger partial charge in [-0.05, 0) is 62.6 Å². The van der Waals surface area contributed by atoms with Gasteiger partial charge >= 0.3 is 24.3 Å². The normalized spacial score (nSPS) is 16.2. The molecule has 14 heteroatoms. The van der Waals surface area contributed by atoms with E-state index in [9.17, 15) is 31.1 Å². The maximum Gasteiger partial charge on any atom is 0.490 e. The number of nitrogens with zero attached hydrogens (tertiary/aromatic N) is 2. The molecule has 8 nitrogen and oxygen atoms in total. The molecule has 0 bridgehead atoms. The third-order valence-corrected chi connectivity index (χ3v) is 6.69. The lowest BCUT2D eigenvalue weighted by molar-refractivity contribution is -0.528. The lowest BCUT2D eigenvalue weighted by Gasteiger charge is -2.22. The maximum absolute atomic E-state index is 13.9. The van der Waals surface area contributed by atoms with Crippen molar-refractivity contribution >= 4 is 23.3 Å². The number of aliphatic imine (C=N–C) groups is 1. The molecule has 2 rings (SSSR count). The number of ether oxygens (including phenoxy) is 3. The predicted octanol–water partition coefficient (Wildman–Crippen LogP) is 6.95. The Morgan fingerprint density at radius 3 is 2.18 bits per heavy atom. The number of alkyl halides is 6. The van der Waals surface area contributed by atoms with Crippen molar-refractivity contribution in [2.75, 3.05) is 34.0 Å². The average molecular weight is 656 g/mol. The van der Waals surface area contributed by atoms with Gasteiger partial charge < -0.3 is 14.2 Å². The van der Waals surface area contributed by atoms with E-state index >= 15 is 0 Å². The van der Waals surface area contributed by atoms with Gasteiger partial charge in [0.05, 0.1) is 37.2 Å². The van der Waals surface area contributed by atoms with Gasteiger partial charge in [-0.15, -0.1) is 0 Å². The van der Waals surface area contributed by atoms with Crippen LogP contribution < -0.4 is 16.2 Å². The number of unbranched alkanes of at least 4 members (excludes halogenated alkanes) is 1. The summed E-state index contributed by atoms with van der Waals surface area (Å²) < 4.78 is 90.5. The standard InChI is InChI=1S/C26H39F3N4O2.C3H3F3O2.C2H6/c1-5-10-21(32-24(18(3)6-2)22-11-9-14-33(22)25(30)31)19-12-13-23(20(17-19)26(27,28)29)35-16-8-7-15-34-4;1-8-2(7)3(4,5)6;1-2/h10,12-13,17-18,22H,5-9,11,14-16H2,1-4H3,(H3,30,31);1H3;1-2H3/p+1/b21-10-,32-24?;;. The zero-order valence-electron chi connectivity index (χ0n) is 27.3. The minimum absolute atomic E-state index is 0.0630. The molecule has 0 radical (unpaired) electrons. The second-order valence-electron chi connectivity index (χ2n) is 9.87. The fourth-order valence-electron chi connectivity index (χ4n) is 4.35. The first kappa shape index (κ1) is 41.7. The first-order valence-corrected chi connectivity index (χ1v) is 15.0. The summed E-state index contributed by atoms with van der Waals surface area (Å²) in [4.78, 5) is 14.4. The van der Waals surface area contributed by atoms with E-state index in [1.54, 1.807) is 13.2 Å². The summed E-state index contributed by atoms with van der Waals surface area (Å²) in [5, 5.41) is 0. The second-order valence-corrected chi connectivity index (χ2v) is 9.87. The fraction of sp³-hybridized carbons (Fsp3) is 0.645. The van der Waals surface area contributed by atoms with Crippen LogP contribution in [0.2, 0.25) is 0 Å². The van der Waals surface area contributed by atoms with Crippen molar-refractivity contribution < 1.29 is 49.9 Å². The third kappa shape index (κ3) is 14.1. The highest BCUT2D eigenvalue weighted by Gasteiger charge is 2.40. The molecule has 1 aromatic carbocycles. The molecule has 0 saturated carbocycles. The Labute approximate surface area is 262 Å². The number of nitrogens with two attached hydrogens (primary N) is 2. The Hall–Kier alpha value is -3.29. The van der Waals surface area contributed by atoms with Gasteiger partial charge in [0, 0.05) is 19.3 Å². The molecule has 0 aromatic heterocycles. The fourth-order valence-corrected chi connectivity index (χ4v) is 4.35. The molecule has 45 heavy (non-hydrogen) atoms. The predicted molar refractivity (Wildman–Crippen MR) is 164 cm³/mol. The van der Waals surface area contributed by atoms with Gasteiger partial charge in [-0.25, -0.2) is 4.79 Å². The number of esters is 1. The van der Waals surface area contributed by atoms with Crippen LogP contribution in [0.25, 0.3) is 5.70 Å². The number of carbonyl (C=O) groups excluding carboxylic acids is 1. The summed E-state index contributed by atoms with van der Waals surface area (Å²) in [6, 6.07) is 4.12. The van der Waals surface area contributed by atoms with Crippen molar-refractivity contribution in [3.05, 3.63) is 35.4 Å². The van der Waals surface area contributed by atoms with Crippen LogP contribution in [-0.2, 0) is 20.4 Å². The Bertz CT molecular complexity index is 1130. The lowest BCUT2D eigenvalue weighted by atomic mass is 9.94. The molecule has 2 atom stereocenters. The van der Waals surface area contributed by atoms with Gasteiger partial charge in [0.2, 0.25) is 0 Å². The summed E-state index contributed by atoms with van der Waals surface area (Å²) in [5.74, 6) is -1.97. The number of guanidine groups is 1. The Morgan fingerprint density at radius 1 is 1.09 bits per heavy atom. The van der Waals surface area contributed by atoms with E-state index in [-0.39, 0.29) is 30.3 Å². The number of methoxy groups -OCH3 is 2.